The van der Waals surface area contributed by atoms with E-state index in [4.69, 9.17) is 4.74 Å². The van der Waals surface area contributed by atoms with Crippen molar-refractivity contribution in [1.29, 1.82) is 0 Å². The monoisotopic (exact) mass is 205 g/mol. The van der Waals surface area contributed by atoms with Crippen LogP contribution in [0.3, 0.4) is 0 Å². The molecule has 1 aromatic rings. The molecule has 4 heteroatoms. The van der Waals surface area contributed by atoms with E-state index in [1.165, 1.54) is 0 Å². The van der Waals surface area contributed by atoms with Gasteiger partial charge in [-0.25, -0.2) is 0 Å². The first-order valence-corrected chi connectivity index (χ1v) is 3.96. The van der Waals surface area contributed by atoms with Crippen molar-refractivity contribution in [2.45, 2.75) is 11.8 Å². The third-order valence-corrected chi connectivity index (χ3v) is 1.80. The Morgan fingerprint density at radius 2 is 2.17 bits per heavy atom. The molecule has 0 atom stereocenters. The molecule has 0 unspecified atom stereocenters. The maximum absolute atomic E-state index is 5.27. The van der Waals surface area contributed by atoms with E-state index in [1.54, 1.807) is 0 Å². The maximum Gasteiger partial charge on any atom is 0.145 e. The average Bonchev–Trinajstić information content (AvgIpc) is 1.98. The summed E-state index contributed by atoms with van der Waals surface area (Å²) in [6, 6.07) is 5.66. The van der Waals surface area contributed by atoms with Gasteiger partial charge in [-0.3, -0.25) is 0 Å². The number of quaternary nitrogens is 1. The SMILES string of the molecule is CCOc1ccc(S)c([NH3+])c1.[Cl-]. The first kappa shape index (κ1) is 11.6. The summed E-state index contributed by atoms with van der Waals surface area (Å²) in [5, 5.41) is 0. The molecule has 0 saturated heterocycles. The van der Waals surface area contributed by atoms with Crippen molar-refractivity contribution in [2.24, 2.45) is 0 Å². The molecule has 12 heavy (non-hydrogen) atoms. The van der Waals surface area contributed by atoms with Gasteiger partial charge < -0.3 is 22.9 Å². The van der Waals surface area contributed by atoms with Gasteiger partial charge in [0.1, 0.15) is 11.4 Å². The molecule has 3 N–H and O–H groups in total. The Bertz CT molecular complexity index is 255. The third kappa shape index (κ3) is 2.93. The molecule has 0 spiro atoms. The van der Waals surface area contributed by atoms with Crippen LogP contribution in [0.15, 0.2) is 23.1 Å². The van der Waals surface area contributed by atoms with Gasteiger partial charge in [-0.1, -0.05) is 0 Å². The molecule has 0 amide bonds. The van der Waals surface area contributed by atoms with E-state index < -0.39 is 0 Å². The van der Waals surface area contributed by atoms with Crippen molar-refractivity contribution in [3.05, 3.63) is 18.2 Å². The number of ether oxygens (including phenoxy) is 1. The molecule has 0 aliphatic carbocycles. The lowest BCUT2D eigenvalue weighted by molar-refractivity contribution is -0.258. The lowest BCUT2D eigenvalue weighted by Crippen LogP contribution is -3.00. The predicted octanol–water partition coefficient (Wildman–Crippen LogP) is -1.75. The van der Waals surface area contributed by atoms with E-state index in [-0.39, 0.29) is 12.4 Å². The van der Waals surface area contributed by atoms with Gasteiger partial charge in [-0.15, -0.1) is 12.6 Å². The van der Waals surface area contributed by atoms with Gasteiger partial charge in [0, 0.05) is 6.07 Å². The Balaban J connectivity index is 0.00000121. The number of benzene rings is 1. The zero-order chi connectivity index (χ0) is 8.27. The summed E-state index contributed by atoms with van der Waals surface area (Å²) in [6.07, 6.45) is 0. The number of thiol groups is 1. The van der Waals surface area contributed by atoms with Crippen LogP contribution in [-0.2, 0) is 0 Å². The summed E-state index contributed by atoms with van der Waals surface area (Å²) < 4.78 is 5.27. The first-order valence-electron chi connectivity index (χ1n) is 3.52. The fourth-order valence-electron chi connectivity index (χ4n) is 0.818. The van der Waals surface area contributed by atoms with Crippen LogP contribution in [0.5, 0.6) is 5.75 Å². The molecule has 0 aliphatic rings. The van der Waals surface area contributed by atoms with E-state index in [2.05, 4.69) is 18.4 Å². The van der Waals surface area contributed by atoms with Gasteiger partial charge in [0.2, 0.25) is 0 Å². The minimum absolute atomic E-state index is 0. The second-order valence-electron chi connectivity index (χ2n) is 2.22. The number of halogens is 1. The highest BCUT2D eigenvalue weighted by molar-refractivity contribution is 7.80. The van der Waals surface area contributed by atoms with Crippen LogP contribution in [-0.4, -0.2) is 6.61 Å². The van der Waals surface area contributed by atoms with Crippen molar-refractivity contribution in [3.8, 4) is 5.75 Å². The molecular weight excluding hydrogens is 194 g/mol. The Hall–Kier alpha value is -0.380. The molecule has 0 bridgehead atoms. The predicted molar refractivity (Wildman–Crippen MR) is 47.4 cm³/mol. The van der Waals surface area contributed by atoms with Gasteiger partial charge in [0.25, 0.3) is 0 Å². The number of hydrogen-bond acceptors (Lipinski definition) is 2. The Kier molecular flexibility index (Phi) is 5.13. The normalized spacial score (nSPS) is 8.92. The molecule has 0 aliphatic heterocycles. The highest BCUT2D eigenvalue weighted by atomic mass is 35.5. The Morgan fingerprint density at radius 3 is 2.67 bits per heavy atom. The minimum Gasteiger partial charge on any atom is -1.00 e. The van der Waals surface area contributed by atoms with E-state index in [9.17, 15) is 0 Å². The lowest BCUT2D eigenvalue weighted by Gasteiger charge is -2.02. The second kappa shape index (κ2) is 5.30. The molecule has 2 nitrogen and oxygen atoms in total. The highest BCUT2D eigenvalue weighted by Crippen LogP contribution is 2.20. The summed E-state index contributed by atoms with van der Waals surface area (Å²) in [5.41, 5.74) is 4.71. The largest absolute Gasteiger partial charge is 1.00 e. The molecule has 0 heterocycles. The highest BCUT2D eigenvalue weighted by Gasteiger charge is 1.99. The summed E-state index contributed by atoms with van der Waals surface area (Å²) in [5.74, 6) is 0.857. The third-order valence-electron chi connectivity index (χ3n) is 1.36. The van der Waals surface area contributed by atoms with Crippen LogP contribution in [0.4, 0.5) is 5.69 Å². The average molecular weight is 206 g/mol. The quantitative estimate of drug-likeness (QED) is 0.553. The summed E-state index contributed by atoms with van der Waals surface area (Å²) in [7, 11) is 0. The van der Waals surface area contributed by atoms with Crippen LogP contribution in [0, 0.1) is 0 Å². The fourth-order valence-corrected chi connectivity index (χ4v) is 0.957. The zero-order valence-corrected chi connectivity index (χ0v) is 8.53. The lowest BCUT2D eigenvalue weighted by atomic mass is 10.3. The van der Waals surface area contributed by atoms with Gasteiger partial charge in [-0.2, -0.15) is 0 Å². The van der Waals surface area contributed by atoms with Crippen LogP contribution < -0.4 is 22.9 Å². The van der Waals surface area contributed by atoms with Crippen LogP contribution in [0.2, 0.25) is 0 Å². The smallest absolute Gasteiger partial charge is 0.145 e. The Morgan fingerprint density at radius 1 is 1.50 bits per heavy atom. The first-order chi connectivity index (χ1) is 5.24. The van der Waals surface area contributed by atoms with Crippen molar-refractivity contribution in [2.75, 3.05) is 6.61 Å². The Labute approximate surface area is 83.9 Å². The van der Waals surface area contributed by atoms with Gasteiger partial charge in [0.05, 0.1) is 11.5 Å². The molecule has 0 fully saturated rings. The maximum atomic E-state index is 5.27. The van der Waals surface area contributed by atoms with Crippen molar-refractivity contribution >= 4 is 18.3 Å². The summed E-state index contributed by atoms with van der Waals surface area (Å²) in [4.78, 5) is 0.897. The van der Waals surface area contributed by atoms with Gasteiger partial charge in [-0.05, 0) is 19.1 Å². The zero-order valence-electron chi connectivity index (χ0n) is 6.88. The van der Waals surface area contributed by atoms with Crippen molar-refractivity contribution < 1.29 is 22.9 Å². The molecule has 0 saturated carbocycles. The van der Waals surface area contributed by atoms with Crippen LogP contribution in [0.1, 0.15) is 6.92 Å². The molecule has 0 aromatic heterocycles. The fraction of sp³-hybridized carbons (Fsp3) is 0.250. The van der Waals surface area contributed by atoms with E-state index in [1.807, 2.05) is 25.1 Å². The summed E-state index contributed by atoms with van der Waals surface area (Å²) >= 11 is 4.20. The molecule has 68 valence electrons. The van der Waals surface area contributed by atoms with Crippen LogP contribution >= 0.6 is 12.6 Å². The molecule has 1 aromatic carbocycles. The topological polar surface area (TPSA) is 36.9 Å². The van der Waals surface area contributed by atoms with Gasteiger partial charge >= 0.3 is 0 Å². The molecule has 1 rings (SSSR count). The van der Waals surface area contributed by atoms with E-state index in [0.717, 1.165) is 16.3 Å². The van der Waals surface area contributed by atoms with Crippen molar-refractivity contribution in [3.63, 3.8) is 0 Å². The molecule has 0 radical (unpaired) electrons. The number of rotatable bonds is 2. The standard InChI is InChI=1S/C8H11NOS.ClH/c1-2-10-6-3-4-8(11)7(9)5-6;/h3-5,11H,2,9H2,1H3;1H. The second-order valence-corrected chi connectivity index (χ2v) is 2.71. The van der Waals surface area contributed by atoms with E-state index in [0.29, 0.717) is 6.61 Å². The van der Waals surface area contributed by atoms with E-state index >= 15 is 0 Å². The summed E-state index contributed by atoms with van der Waals surface area (Å²) in [6.45, 7) is 2.64. The number of hydrogen-bond donors (Lipinski definition) is 2. The molecular formula is C8H12ClNOS. The van der Waals surface area contributed by atoms with Gasteiger partial charge in [0.15, 0.2) is 0 Å². The minimum atomic E-state index is 0. The van der Waals surface area contributed by atoms with Crippen molar-refractivity contribution in [1.82, 2.24) is 0 Å². The van der Waals surface area contributed by atoms with Crippen LogP contribution in [0.25, 0.3) is 0 Å².